The maximum atomic E-state index is 12.8. The number of hydrogen-bond donors (Lipinski definition) is 1. The third kappa shape index (κ3) is 4.08. The average molecular weight is 379 g/mol. The Labute approximate surface area is 165 Å². The second kappa shape index (κ2) is 8.12. The van der Waals surface area contributed by atoms with Gasteiger partial charge in [-0.25, -0.2) is 4.79 Å². The molecule has 1 saturated heterocycles. The first-order chi connectivity index (χ1) is 13.6. The van der Waals surface area contributed by atoms with Crippen LogP contribution in [0.1, 0.15) is 21.5 Å². The number of carboxylic acids is 1. The Morgan fingerprint density at radius 2 is 1.54 bits per heavy atom. The van der Waals surface area contributed by atoms with E-state index in [0.717, 1.165) is 56.9 Å². The summed E-state index contributed by atoms with van der Waals surface area (Å²) in [6, 6.07) is 15.2. The minimum Gasteiger partial charge on any atom is -0.478 e. The summed E-state index contributed by atoms with van der Waals surface area (Å²) in [5, 5.41) is 8.98. The Kier molecular flexibility index (Phi) is 5.41. The lowest BCUT2D eigenvalue weighted by Crippen LogP contribution is -2.49. The normalized spacial score (nSPS) is 17.5. The second-order valence-corrected chi connectivity index (χ2v) is 7.48. The third-order valence-electron chi connectivity index (χ3n) is 5.62. The first-order valence-corrected chi connectivity index (χ1v) is 9.75. The number of rotatable bonds is 5. The summed E-state index contributed by atoms with van der Waals surface area (Å²) in [5.41, 5.74) is 3.75. The Bertz CT molecular complexity index is 858. The molecular weight excluding hydrogens is 354 g/mol. The SMILES string of the molecule is O=C(O)c1ccc(CN2CCN(CC(=O)N3CCc4ccccc43)CC2)cc1. The highest BCUT2D eigenvalue weighted by atomic mass is 16.4. The number of fused-ring (bicyclic) bond motifs is 1. The van der Waals surface area contributed by atoms with Crippen molar-refractivity contribution in [1.82, 2.24) is 9.80 Å². The van der Waals surface area contributed by atoms with Gasteiger partial charge in [-0.3, -0.25) is 14.6 Å². The Morgan fingerprint density at radius 3 is 2.25 bits per heavy atom. The van der Waals surface area contributed by atoms with E-state index < -0.39 is 5.97 Å². The van der Waals surface area contributed by atoms with Gasteiger partial charge in [-0.2, -0.15) is 0 Å². The molecule has 0 aliphatic carbocycles. The molecule has 6 heteroatoms. The lowest BCUT2D eigenvalue weighted by molar-refractivity contribution is -0.120. The number of piperazine rings is 1. The van der Waals surface area contributed by atoms with E-state index in [9.17, 15) is 9.59 Å². The zero-order valence-electron chi connectivity index (χ0n) is 15.9. The van der Waals surface area contributed by atoms with Crippen molar-refractivity contribution < 1.29 is 14.7 Å². The topological polar surface area (TPSA) is 64.1 Å². The van der Waals surface area contributed by atoms with Crippen LogP contribution < -0.4 is 4.90 Å². The molecule has 1 N–H and O–H groups in total. The summed E-state index contributed by atoms with van der Waals surface area (Å²) < 4.78 is 0. The van der Waals surface area contributed by atoms with E-state index in [4.69, 9.17) is 5.11 Å². The van der Waals surface area contributed by atoms with Crippen molar-refractivity contribution in [2.75, 3.05) is 44.2 Å². The van der Waals surface area contributed by atoms with Crippen LogP contribution in [0.5, 0.6) is 0 Å². The summed E-state index contributed by atoms with van der Waals surface area (Å²) in [5.74, 6) is -0.715. The predicted octanol–water partition coefficient (Wildman–Crippen LogP) is 2.09. The lowest BCUT2D eigenvalue weighted by Gasteiger charge is -2.35. The highest BCUT2D eigenvalue weighted by molar-refractivity contribution is 5.96. The number of amides is 1. The number of carboxylic acid groups (broad SMARTS) is 1. The molecule has 0 radical (unpaired) electrons. The van der Waals surface area contributed by atoms with Gasteiger partial charge < -0.3 is 10.0 Å². The molecule has 0 saturated carbocycles. The molecule has 146 valence electrons. The van der Waals surface area contributed by atoms with Crippen molar-refractivity contribution in [1.29, 1.82) is 0 Å². The summed E-state index contributed by atoms with van der Waals surface area (Å²) in [4.78, 5) is 30.2. The number of benzene rings is 2. The average Bonchev–Trinajstić information content (AvgIpc) is 3.14. The number of nitrogens with zero attached hydrogens (tertiary/aromatic N) is 3. The van der Waals surface area contributed by atoms with Crippen molar-refractivity contribution >= 4 is 17.6 Å². The fourth-order valence-corrected chi connectivity index (χ4v) is 3.99. The molecule has 2 aromatic carbocycles. The molecule has 0 spiro atoms. The molecule has 4 rings (SSSR count). The van der Waals surface area contributed by atoms with Gasteiger partial charge in [-0.1, -0.05) is 30.3 Å². The van der Waals surface area contributed by atoms with Crippen molar-refractivity contribution in [2.24, 2.45) is 0 Å². The smallest absolute Gasteiger partial charge is 0.335 e. The molecule has 0 atom stereocenters. The Balaban J connectivity index is 1.26. The predicted molar refractivity (Wildman–Crippen MR) is 108 cm³/mol. The van der Waals surface area contributed by atoms with Crippen LogP contribution in [0.15, 0.2) is 48.5 Å². The lowest BCUT2D eigenvalue weighted by atomic mass is 10.1. The Morgan fingerprint density at radius 1 is 0.857 bits per heavy atom. The van der Waals surface area contributed by atoms with Crippen LogP contribution in [-0.2, 0) is 17.8 Å². The molecule has 2 aromatic rings. The van der Waals surface area contributed by atoms with E-state index in [1.165, 1.54) is 5.56 Å². The van der Waals surface area contributed by atoms with Crippen LogP contribution in [0.3, 0.4) is 0 Å². The number of aromatic carboxylic acids is 1. The highest BCUT2D eigenvalue weighted by Crippen LogP contribution is 2.27. The molecule has 1 fully saturated rings. The summed E-state index contributed by atoms with van der Waals surface area (Å²) in [6.07, 6.45) is 0.941. The highest BCUT2D eigenvalue weighted by Gasteiger charge is 2.26. The van der Waals surface area contributed by atoms with Gasteiger partial charge in [0.05, 0.1) is 12.1 Å². The second-order valence-electron chi connectivity index (χ2n) is 7.48. The number of hydrogen-bond acceptors (Lipinski definition) is 4. The van der Waals surface area contributed by atoms with Crippen molar-refractivity contribution in [3.05, 3.63) is 65.2 Å². The third-order valence-corrected chi connectivity index (χ3v) is 5.62. The molecular formula is C22H25N3O3. The van der Waals surface area contributed by atoms with Gasteiger partial charge in [0.1, 0.15) is 0 Å². The van der Waals surface area contributed by atoms with Gasteiger partial charge in [0.2, 0.25) is 5.91 Å². The quantitative estimate of drug-likeness (QED) is 0.862. The standard InChI is InChI=1S/C22H25N3O3/c26-21(25-10-9-18-3-1-2-4-20(18)25)16-24-13-11-23(12-14-24)15-17-5-7-19(8-6-17)22(27)28/h1-8H,9-16H2,(H,27,28). The van der Waals surface area contributed by atoms with E-state index in [1.54, 1.807) is 12.1 Å². The van der Waals surface area contributed by atoms with E-state index >= 15 is 0 Å². The molecule has 2 aliphatic heterocycles. The van der Waals surface area contributed by atoms with Gasteiger partial charge in [0, 0.05) is 45.0 Å². The van der Waals surface area contributed by atoms with Crippen LogP contribution >= 0.6 is 0 Å². The van der Waals surface area contributed by atoms with Crippen molar-refractivity contribution in [3.63, 3.8) is 0 Å². The van der Waals surface area contributed by atoms with Gasteiger partial charge in [-0.15, -0.1) is 0 Å². The molecule has 1 amide bonds. The van der Waals surface area contributed by atoms with E-state index in [2.05, 4.69) is 15.9 Å². The maximum Gasteiger partial charge on any atom is 0.335 e. The van der Waals surface area contributed by atoms with Crippen LogP contribution in [0, 0.1) is 0 Å². The monoisotopic (exact) mass is 379 g/mol. The number of anilines is 1. The first-order valence-electron chi connectivity index (χ1n) is 9.75. The minimum atomic E-state index is -0.898. The van der Waals surface area contributed by atoms with Gasteiger partial charge in [-0.05, 0) is 35.7 Å². The molecule has 2 heterocycles. The largest absolute Gasteiger partial charge is 0.478 e. The maximum absolute atomic E-state index is 12.8. The van der Waals surface area contributed by atoms with Crippen LogP contribution in [0.25, 0.3) is 0 Å². The summed E-state index contributed by atoms with van der Waals surface area (Å²) in [7, 11) is 0. The van der Waals surface area contributed by atoms with Gasteiger partial charge >= 0.3 is 5.97 Å². The zero-order valence-corrected chi connectivity index (χ0v) is 15.9. The fraction of sp³-hybridized carbons (Fsp3) is 0.364. The van der Waals surface area contributed by atoms with Crippen LogP contribution in [-0.4, -0.2) is 66.1 Å². The summed E-state index contributed by atoms with van der Waals surface area (Å²) in [6.45, 7) is 5.61. The molecule has 0 bridgehead atoms. The Hall–Kier alpha value is -2.70. The van der Waals surface area contributed by atoms with E-state index in [0.29, 0.717) is 12.1 Å². The molecule has 0 unspecified atom stereocenters. The fourth-order valence-electron chi connectivity index (χ4n) is 3.99. The number of carbonyl (C=O) groups is 2. The molecule has 28 heavy (non-hydrogen) atoms. The molecule has 0 aromatic heterocycles. The van der Waals surface area contributed by atoms with E-state index in [1.807, 2.05) is 35.2 Å². The number of carbonyl (C=O) groups excluding carboxylic acids is 1. The number of para-hydroxylation sites is 1. The van der Waals surface area contributed by atoms with E-state index in [-0.39, 0.29) is 5.91 Å². The molecule has 2 aliphatic rings. The first kappa shape index (κ1) is 18.7. The summed E-state index contributed by atoms with van der Waals surface area (Å²) >= 11 is 0. The molecule has 6 nitrogen and oxygen atoms in total. The van der Waals surface area contributed by atoms with Crippen molar-refractivity contribution in [3.8, 4) is 0 Å². The minimum absolute atomic E-state index is 0.183. The van der Waals surface area contributed by atoms with Gasteiger partial charge in [0.25, 0.3) is 0 Å². The van der Waals surface area contributed by atoms with Gasteiger partial charge in [0.15, 0.2) is 0 Å². The van der Waals surface area contributed by atoms with Crippen LogP contribution in [0.4, 0.5) is 5.69 Å². The van der Waals surface area contributed by atoms with Crippen LogP contribution in [0.2, 0.25) is 0 Å². The zero-order chi connectivity index (χ0) is 19.5. The van der Waals surface area contributed by atoms with Crippen molar-refractivity contribution in [2.45, 2.75) is 13.0 Å².